The van der Waals surface area contributed by atoms with E-state index in [9.17, 15) is 13.2 Å². The van der Waals surface area contributed by atoms with Crippen LogP contribution in [0.4, 0.5) is 5.69 Å². The first-order valence-corrected chi connectivity index (χ1v) is 12.1. The van der Waals surface area contributed by atoms with Gasteiger partial charge in [-0.15, -0.1) is 0 Å². The molecule has 0 spiro atoms. The number of benzene rings is 3. The summed E-state index contributed by atoms with van der Waals surface area (Å²) in [5, 5.41) is 3.45. The zero-order chi connectivity index (χ0) is 22.6. The maximum Gasteiger partial charge on any atom is 0.251 e. The number of sulfonamides is 1. The summed E-state index contributed by atoms with van der Waals surface area (Å²) in [6.45, 7) is 4.10. The summed E-state index contributed by atoms with van der Waals surface area (Å²) in [5.74, 6) is -0.186. The molecule has 1 N–H and O–H groups in total. The fourth-order valence-corrected chi connectivity index (χ4v) is 4.24. The van der Waals surface area contributed by atoms with Crippen LogP contribution in [0.3, 0.4) is 0 Å². The molecule has 0 radical (unpaired) electrons. The Morgan fingerprint density at radius 2 is 1.68 bits per heavy atom. The van der Waals surface area contributed by atoms with Crippen molar-refractivity contribution < 1.29 is 13.2 Å². The van der Waals surface area contributed by atoms with Crippen molar-refractivity contribution in [2.45, 2.75) is 26.4 Å². The molecule has 162 valence electrons. The molecule has 0 aliphatic heterocycles. The van der Waals surface area contributed by atoms with E-state index in [0.717, 1.165) is 17.4 Å². The van der Waals surface area contributed by atoms with Gasteiger partial charge in [-0.05, 0) is 55.3 Å². The number of carbonyl (C=O) groups excluding carboxylic acids is 1. The molecule has 3 aromatic rings. The molecule has 7 heteroatoms. The Morgan fingerprint density at radius 1 is 1.03 bits per heavy atom. The third-order valence-corrected chi connectivity index (χ3v) is 6.34. The van der Waals surface area contributed by atoms with Crippen LogP contribution in [0.5, 0.6) is 0 Å². The van der Waals surface area contributed by atoms with Crippen molar-refractivity contribution in [3.63, 3.8) is 0 Å². The highest BCUT2D eigenvalue weighted by Crippen LogP contribution is 2.24. The topological polar surface area (TPSA) is 66.5 Å². The highest BCUT2D eigenvalue weighted by molar-refractivity contribution is 7.92. The molecular weight excluding hydrogens is 432 g/mol. The zero-order valence-corrected chi connectivity index (χ0v) is 19.2. The largest absolute Gasteiger partial charge is 0.346 e. The molecule has 0 aliphatic rings. The van der Waals surface area contributed by atoms with Gasteiger partial charge in [-0.2, -0.15) is 0 Å². The first-order chi connectivity index (χ1) is 14.6. The Labute approximate surface area is 188 Å². The van der Waals surface area contributed by atoms with E-state index >= 15 is 0 Å². The highest BCUT2D eigenvalue weighted by atomic mass is 35.5. The van der Waals surface area contributed by atoms with Gasteiger partial charge in [-0.3, -0.25) is 9.10 Å². The van der Waals surface area contributed by atoms with Crippen LogP contribution in [0.25, 0.3) is 0 Å². The number of hydrogen-bond acceptors (Lipinski definition) is 3. The van der Waals surface area contributed by atoms with Gasteiger partial charge >= 0.3 is 0 Å². The Bertz CT molecular complexity index is 1160. The summed E-state index contributed by atoms with van der Waals surface area (Å²) >= 11 is 6.03. The second-order valence-corrected chi connectivity index (χ2v) is 9.90. The molecule has 0 heterocycles. The van der Waals surface area contributed by atoms with Gasteiger partial charge in [-0.25, -0.2) is 8.42 Å². The zero-order valence-electron chi connectivity index (χ0n) is 17.7. The summed E-state index contributed by atoms with van der Waals surface area (Å²) in [7, 11) is -3.51. The van der Waals surface area contributed by atoms with E-state index in [1.54, 1.807) is 48.5 Å². The number of amides is 1. The molecule has 5 nitrogen and oxygen atoms in total. The third-order valence-electron chi connectivity index (χ3n) is 4.96. The fraction of sp³-hybridized carbons (Fsp3) is 0.208. The van der Waals surface area contributed by atoms with Crippen LogP contribution in [0.1, 0.15) is 40.0 Å². The van der Waals surface area contributed by atoms with Crippen LogP contribution in [0.15, 0.2) is 72.8 Å². The normalized spacial score (nSPS) is 12.3. The number of anilines is 1. The Balaban J connectivity index is 1.72. The molecule has 1 amide bonds. The monoisotopic (exact) mass is 456 g/mol. The van der Waals surface area contributed by atoms with Gasteiger partial charge in [0.15, 0.2) is 0 Å². The lowest BCUT2D eigenvalue weighted by molar-refractivity contribution is 0.0940. The van der Waals surface area contributed by atoms with Crippen molar-refractivity contribution in [3.05, 3.63) is 100 Å². The summed E-state index contributed by atoms with van der Waals surface area (Å²) in [5.41, 5.74) is 3.95. The number of aryl methyl sites for hydroxylation is 1. The molecule has 0 saturated carbocycles. The van der Waals surface area contributed by atoms with Gasteiger partial charge < -0.3 is 5.32 Å². The molecule has 0 aromatic heterocycles. The van der Waals surface area contributed by atoms with Crippen LogP contribution in [-0.4, -0.2) is 20.6 Å². The number of hydrogen-bond donors (Lipinski definition) is 1. The fourth-order valence-electron chi connectivity index (χ4n) is 3.18. The van der Waals surface area contributed by atoms with Crippen molar-refractivity contribution in [1.29, 1.82) is 0 Å². The van der Waals surface area contributed by atoms with Gasteiger partial charge in [0.1, 0.15) is 0 Å². The molecule has 0 aliphatic carbocycles. The summed E-state index contributed by atoms with van der Waals surface area (Å²) in [6.07, 6.45) is 1.15. The van der Waals surface area contributed by atoms with Crippen molar-refractivity contribution >= 4 is 33.2 Å². The summed E-state index contributed by atoms with van der Waals surface area (Å²) in [6, 6.07) is 21.5. The van der Waals surface area contributed by atoms with Crippen LogP contribution in [0, 0.1) is 6.92 Å². The predicted molar refractivity (Wildman–Crippen MR) is 126 cm³/mol. The molecule has 0 saturated heterocycles. The number of rotatable bonds is 7. The molecule has 3 rings (SSSR count). The maximum absolute atomic E-state index is 12.6. The molecule has 3 aromatic carbocycles. The average Bonchev–Trinajstić information content (AvgIpc) is 2.72. The average molecular weight is 457 g/mol. The number of carbonyl (C=O) groups is 1. The summed E-state index contributed by atoms with van der Waals surface area (Å²) < 4.78 is 25.9. The predicted octanol–water partition coefficient (Wildman–Crippen LogP) is 5.11. The molecule has 0 unspecified atom stereocenters. The first kappa shape index (κ1) is 22.8. The molecule has 0 fully saturated rings. The first-order valence-electron chi connectivity index (χ1n) is 9.83. The highest BCUT2D eigenvalue weighted by Gasteiger charge is 2.19. The van der Waals surface area contributed by atoms with Gasteiger partial charge in [-0.1, -0.05) is 59.6 Å². The third kappa shape index (κ3) is 6.09. The molecule has 31 heavy (non-hydrogen) atoms. The van der Waals surface area contributed by atoms with E-state index in [-0.39, 0.29) is 18.5 Å². The SMILES string of the molecule is Cc1ccc([C@H](C)NC(=O)c2ccc(CN(c3cccc(Cl)c3)S(C)(=O)=O)cc2)cc1. The smallest absolute Gasteiger partial charge is 0.251 e. The minimum absolute atomic E-state index is 0.128. The van der Waals surface area contributed by atoms with E-state index in [2.05, 4.69) is 5.32 Å². The van der Waals surface area contributed by atoms with Crippen molar-refractivity contribution in [2.24, 2.45) is 0 Å². The lowest BCUT2D eigenvalue weighted by Crippen LogP contribution is -2.29. The second kappa shape index (κ2) is 9.54. The Kier molecular flexibility index (Phi) is 7.03. The van der Waals surface area contributed by atoms with Crippen molar-refractivity contribution in [3.8, 4) is 0 Å². The lowest BCUT2D eigenvalue weighted by Gasteiger charge is -2.23. The van der Waals surface area contributed by atoms with Crippen molar-refractivity contribution in [2.75, 3.05) is 10.6 Å². The van der Waals surface area contributed by atoms with Crippen LogP contribution < -0.4 is 9.62 Å². The minimum atomic E-state index is -3.51. The Morgan fingerprint density at radius 3 is 2.26 bits per heavy atom. The minimum Gasteiger partial charge on any atom is -0.346 e. The van der Waals surface area contributed by atoms with E-state index < -0.39 is 10.0 Å². The number of nitrogens with one attached hydrogen (secondary N) is 1. The lowest BCUT2D eigenvalue weighted by atomic mass is 10.1. The number of nitrogens with zero attached hydrogens (tertiary/aromatic N) is 1. The maximum atomic E-state index is 12.6. The van der Waals surface area contributed by atoms with Crippen LogP contribution >= 0.6 is 11.6 Å². The van der Waals surface area contributed by atoms with Gasteiger partial charge in [0.25, 0.3) is 5.91 Å². The van der Waals surface area contributed by atoms with E-state index in [1.165, 1.54) is 9.87 Å². The van der Waals surface area contributed by atoms with Crippen molar-refractivity contribution in [1.82, 2.24) is 5.32 Å². The quantitative estimate of drug-likeness (QED) is 0.537. The van der Waals surface area contributed by atoms with E-state index in [4.69, 9.17) is 11.6 Å². The van der Waals surface area contributed by atoms with Crippen LogP contribution in [0.2, 0.25) is 5.02 Å². The van der Waals surface area contributed by atoms with Gasteiger partial charge in [0.05, 0.1) is 24.5 Å². The second-order valence-electron chi connectivity index (χ2n) is 7.55. The van der Waals surface area contributed by atoms with Crippen LogP contribution in [-0.2, 0) is 16.6 Å². The standard InChI is InChI=1S/C24H25ClN2O3S/c1-17-7-11-20(12-8-17)18(2)26-24(28)21-13-9-19(10-14-21)16-27(31(3,29)30)23-6-4-5-22(25)15-23/h4-15,18H,16H2,1-3H3,(H,26,28)/t18-/m0/s1. The molecule has 0 bridgehead atoms. The van der Waals surface area contributed by atoms with E-state index in [0.29, 0.717) is 16.3 Å². The van der Waals surface area contributed by atoms with Gasteiger partial charge in [0, 0.05) is 10.6 Å². The van der Waals surface area contributed by atoms with Gasteiger partial charge in [0.2, 0.25) is 10.0 Å². The number of halogens is 1. The Hall–Kier alpha value is -2.83. The molecule has 1 atom stereocenters. The summed E-state index contributed by atoms with van der Waals surface area (Å²) in [4.78, 5) is 12.6. The molecular formula is C24H25ClN2O3S. The van der Waals surface area contributed by atoms with E-state index in [1.807, 2.05) is 38.1 Å².